The Balaban J connectivity index is 2.14. The molecule has 0 spiro atoms. The summed E-state index contributed by atoms with van der Waals surface area (Å²) in [5, 5.41) is 87.4. The lowest BCUT2D eigenvalue weighted by Gasteiger charge is -2.48. The summed E-state index contributed by atoms with van der Waals surface area (Å²) in [5.74, 6) is -11.3. The molecule has 2 aliphatic heterocycles. The number of nitrogens with two attached hydrogens (primary N) is 2. The molecule has 0 aromatic heterocycles. The molecule has 16 atom stereocenters. The number of ether oxygens (including phenoxy) is 4. The number of unbranched alkanes of at least 4 members (excludes halogenated alkanes) is 1. The van der Waals surface area contributed by atoms with Gasteiger partial charge in [0.1, 0.15) is 85.0 Å². The van der Waals surface area contributed by atoms with Crippen molar-refractivity contribution in [2.45, 2.75) is 171 Å². The standard InChI is InChI=1S/C47H79N13O23/c1-19(41(73)56-21(3)45(77)78)55-44(76)26(9-7-8-12-50-31(67)14-52-33(69)16-53-32(68)15-51-30(66)13-48)59-29(65)11-10-25(40(49)72)60-42(74)20(2)54-43(75)22(4)80-39-35(58-24(6)64)46(79)81-28(18-62)38(39)83-47-34(57-23(5)63)37(71)36(70)27(17-61)82-47/h19-22,25-28,34-39,46-47,61-62,70-71,79H,7-18,48H2,1-6H3,(H2,49,72)(H,50,67)(H,51,66)(H,52,69)(H,53,68)(H,54,75)(H,55,76)(H,56,73)(H,57,63)(H,58,64)(H,59,65)(H,60,74)(H,77,78). The van der Waals surface area contributed by atoms with Gasteiger partial charge in [-0.05, 0) is 53.4 Å². The molecule has 2 saturated heterocycles. The van der Waals surface area contributed by atoms with E-state index >= 15 is 0 Å². The van der Waals surface area contributed by atoms with E-state index in [1.165, 1.54) is 27.7 Å². The minimum absolute atomic E-state index is 0.0100. The van der Waals surface area contributed by atoms with Crippen molar-refractivity contribution in [2.24, 2.45) is 11.5 Å². The van der Waals surface area contributed by atoms with E-state index in [1.54, 1.807) is 0 Å². The van der Waals surface area contributed by atoms with Gasteiger partial charge in [-0.15, -0.1) is 0 Å². The van der Waals surface area contributed by atoms with Crippen LogP contribution in [0.25, 0.3) is 0 Å². The van der Waals surface area contributed by atoms with Crippen molar-refractivity contribution >= 4 is 76.9 Å². The van der Waals surface area contributed by atoms with Crippen molar-refractivity contribution in [1.82, 2.24) is 58.5 Å². The van der Waals surface area contributed by atoms with Crippen LogP contribution in [0, 0.1) is 0 Å². The van der Waals surface area contributed by atoms with Crippen molar-refractivity contribution in [3.8, 4) is 0 Å². The van der Waals surface area contributed by atoms with Gasteiger partial charge < -0.3 is 120 Å². The van der Waals surface area contributed by atoms with Crippen LogP contribution in [0.5, 0.6) is 0 Å². The third-order valence-corrected chi connectivity index (χ3v) is 12.5. The fourth-order valence-electron chi connectivity index (χ4n) is 7.89. The second kappa shape index (κ2) is 35.6. The SMILES string of the molecule is CC(=O)NC1C(OC2C(CO)OC(O)C(NC(C)=O)C2OC(C)C(=O)NC(C)C(=O)NC(CCC(=O)NC(CCCCNC(=O)CNC(=O)CNC(=O)CNC(=O)CN)C(=O)NC(C)C(=O)NC(C)C(=O)O)C(N)=O)OC(CO)C(O)C1O. The monoisotopic (exact) mass is 1190 g/mol. The Kier molecular flexibility index (Phi) is 30.8. The zero-order valence-electron chi connectivity index (χ0n) is 46.5. The summed E-state index contributed by atoms with van der Waals surface area (Å²) in [7, 11) is 0. The maximum atomic E-state index is 13.6. The highest BCUT2D eigenvalue weighted by Gasteiger charge is 2.53. The first-order chi connectivity index (χ1) is 38.9. The predicted octanol–water partition coefficient (Wildman–Crippen LogP) is -11.3. The van der Waals surface area contributed by atoms with Gasteiger partial charge in [0.05, 0.1) is 39.4 Å². The number of aliphatic hydroxyl groups excluding tert-OH is 5. The number of rotatable bonds is 34. The number of hydrogen-bond acceptors (Lipinski definition) is 23. The van der Waals surface area contributed by atoms with Gasteiger partial charge in [-0.3, -0.25) is 62.3 Å². The molecule has 2 fully saturated rings. The second-order valence-electron chi connectivity index (χ2n) is 19.3. The molecule has 2 aliphatic rings. The smallest absolute Gasteiger partial charge is 0.325 e. The van der Waals surface area contributed by atoms with Gasteiger partial charge in [0.2, 0.25) is 70.9 Å². The van der Waals surface area contributed by atoms with E-state index in [4.69, 9.17) is 30.4 Å². The largest absolute Gasteiger partial charge is 0.480 e. The molecule has 0 aliphatic carbocycles. The molecule has 0 aromatic carbocycles. The molecule has 36 nitrogen and oxygen atoms in total. The first-order valence-electron chi connectivity index (χ1n) is 26.2. The van der Waals surface area contributed by atoms with Crippen LogP contribution in [0.2, 0.25) is 0 Å². The van der Waals surface area contributed by atoms with Crippen molar-refractivity contribution < 1.29 is 112 Å². The van der Waals surface area contributed by atoms with Gasteiger partial charge in [-0.1, -0.05) is 0 Å². The van der Waals surface area contributed by atoms with Gasteiger partial charge in [0.15, 0.2) is 12.6 Å². The molecular weight excluding hydrogens is 1110 g/mol. The van der Waals surface area contributed by atoms with Crippen LogP contribution >= 0.6 is 0 Å². The van der Waals surface area contributed by atoms with E-state index < -0.39 is 220 Å². The number of nitrogens with one attached hydrogen (secondary N) is 11. The van der Waals surface area contributed by atoms with E-state index in [2.05, 4.69) is 58.5 Å². The molecule has 36 heteroatoms. The number of aliphatic hydroxyl groups is 5. The minimum Gasteiger partial charge on any atom is -0.480 e. The van der Waals surface area contributed by atoms with E-state index in [1.807, 2.05) is 0 Å². The first kappa shape index (κ1) is 71.8. The van der Waals surface area contributed by atoms with Gasteiger partial charge in [-0.2, -0.15) is 0 Å². The van der Waals surface area contributed by atoms with Crippen molar-refractivity contribution in [1.29, 1.82) is 0 Å². The molecule has 0 aromatic rings. The number of amides is 12. The van der Waals surface area contributed by atoms with Gasteiger partial charge in [-0.25, -0.2) is 0 Å². The molecule has 0 radical (unpaired) electrons. The van der Waals surface area contributed by atoms with Crippen molar-refractivity contribution in [2.75, 3.05) is 45.9 Å². The lowest BCUT2D eigenvalue weighted by atomic mass is 9.94. The van der Waals surface area contributed by atoms with Crippen LogP contribution in [0.15, 0.2) is 0 Å². The van der Waals surface area contributed by atoms with Crippen LogP contribution in [0.3, 0.4) is 0 Å². The van der Waals surface area contributed by atoms with Gasteiger partial charge >= 0.3 is 5.97 Å². The van der Waals surface area contributed by atoms with Crippen LogP contribution in [0.1, 0.15) is 73.6 Å². The van der Waals surface area contributed by atoms with Crippen LogP contribution < -0.4 is 70.0 Å². The number of carboxylic acids is 1. The predicted molar refractivity (Wildman–Crippen MR) is 278 cm³/mol. The summed E-state index contributed by atoms with van der Waals surface area (Å²) < 4.78 is 23.2. The molecule has 83 heavy (non-hydrogen) atoms. The average molecular weight is 1190 g/mol. The topological polar surface area (TPSA) is 565 Å². The summed E-state index contributed by atoms with van der Waals surface area (Å²) in [6, 6.07) is -10.2. The third kappa shape index (κ3) is 24.6. The zero-order chi connectivity index (χ0) is 62.8. The lowest BCUT2D eigenvalue weighted by Crippen LogP contribution is -2.70. The van der Waals surface area contributed by atoms with Crippen LogP contribution in [-0.2, 0) is 81.3 Å². The average Bonchev–Trinajstić information content (AvgIpc) is 3.45. The molecule has 470 valence electrons. The number of carbonyl (C=O) groups excluding carboxylic acids is 12. The van der Waals surface area contributed by atoms with Gasteiger partial charge in [0.25, 0.3) is 0 Å². The fraction of sp³-hybridized carbons (Fsp3) is 0.723. The first-order valence-corrected chi connectivity index (χ1v) is 26.2. The summed E-state index contributed by atoms with van der Waals surface area (Å²) >= 11 is 0. The highest BCUT2D eigenvalue weighted by atomic mass is 16.7. The Morgan fingerprint density at radius 3 is 1.60 bits per heavy atom. The number of carbonyl (C=O) groups is 13. The summed E-state index contributed by atoms with van der Waals surface area (Å²) in [6.07, 6.45) is -15.9. The maximum Gasteiger partial charge on any atom is 0.325 e. The summed E-state index contributed by atoms with van der Waals surface area (Å²) in [5.41, 5.74) is 10.7. The number of carboxylic acid groups (broad SMARTS) is 1. The molecule has 21 N–H and O–H groups in total. The normalized spacial score (nSPS) is 24.2. The second-order valence-corrected chi connectivity index (χ2v) is 19.3. The third-order valence-electron chi connectivity index (χ3n) is 12.5. The van der Waals surface area contributed by atoms with E-state index in [0.29, 0.717) is 0 Å². The Hall–Kier alpha value is -7.29. The Morgan fingerprint density at radius 1 is 0.554 bits per heavy atom. The van der Waals surface area contributed by atoms with Crippen molar-refractivity contribution in [3.05, 3.63) is 0 Å². The quantitative estimate of drug-likeness (QED) is 0.0266. The Bertz CT molecular complexity index is 2280. The summed E-state index contributed by atoms with van der Waals surface area (Å²) in [6.45, 7) is 3.45. The molecule has 2 rings (SSSR count). The molecule has 2 heterocycles. The van der Waals surface area contributed by atoms with E-state index in [-0.39, 0.29) is 32.4 Å². The van der Waals surface area contributed by atoms with Crippen LogP contribution in [0.4, 0.5) is 0 Å². The molecule has 0 saturated carbocycles. The number of hydrogen-bond donors (Lipinski definition) is 19. The molecule has 0 bridgehead atoms. The number of primary amides is 1. The number of aliphatic carboxylic acids is 1. The highest BCUT2D eigenvalue weighted by molar-refractivity contribution is 5.95. The summed E-state index contributed by atoms with van der Waals surface area (Å²) in [4.78, 5) is 162. The molecule has 16 unspecified atom stereocenters. The highest BCUT2D eigenvalue weighted by Crippen LogP contribution is 2.31. The lowest BCUT2D eigenvalue weighted by molar-refractivity contribution is -0.333. The van der Waals surface area contributed by atoms with Crippen molar-refractivity contribution in [3.63, 3.8) is 0 Å². The Labute approximate surface area is 475 Å². The van der Waals surface area contributed by atoms with E-state index in [0.717, 1.165) is 13.8 Å². The molecule has 12 amide bonds. The van der Waals surface area contributed by atoms with E-state index in [9.17, 15) is 93.0 Å². The van der Waals surface area contributed by atoms with Crippen LogP contribution in [-0.4, -0.2) is 251 Å². The maximum absolute atomic E-state index is 13.6. The van der Waals surface area contributed by atoms with Gasteiger partial charge in [0, 0.05) is 26.8 Å². The molecular formula is C47H79N13O23. The Morgan fingerprint density at radius 2 is 1.07 bits per heavy atom. The fourth-order valence-corrected chi connectivity index (χ4v) is 7.89. The zero-order valence-corrected chi connectivity index (χ0v) is 46.5. The minimum atomic E-state index is -1.92.